The first kappa shape index (κ1) is 19.4. The van der Waals surface area contributed by atoms with Gasteiger partial charge in [0.25, 0.3) is 5.91 Å². The van der Waals surface area contributed by atoms with E-state index in [9.17, 15) is 19.5 Å². The van der Waals surface area contributed by atoms with Crippen molar-refractivity contribution >= 4 is 29.0 Å². The third-order valence-electron chi connectivity index (χ3n) is 4.42. The van der Waals surface area contributed by atoms with Gasteiger partial charge in [0.1, 0.15) is 18.0 Å². The van der Waals surface area contributed by atoms with Gasteiger partial charge in [0, 0.05) is 17.7 Å². The molecule has 0 aliphatic carbocycles. The molecule has 1 atom stereocenters. The van der Waals surface area contributed by atoms with Crippen LogP contribution in [-0.2, 0) is 9.59 Å². The summed E-state index contributed by atoms with van der Waals surface area (Å²) in [5.41, 5.74) is 1.39. The Kier molecular flexibility index (Phi) is 5.63. The summed E-state index contributed by atoms with van der Waals surface area (Å²) in [6.07, 6.45) is 0.401. The Bertz CT molecular complexity index is 908. The number of hydrogen-bond donors (Lipinski definition) is 2. The fourth-order valence-corrected chi connectivity index (χ4v) is 3.00. The van der Waals surface area contributed by atoms with Crippen molar-refractivity contribution in [2.45, 2.75) is 32.8 Å². The average molecular weight is 382 g/mol. The second-order valence-corrected chi connectivity index (χ2v) is 6.64. The summed E-state index contributed by atoms with van der Waals surface area (Å²) in [5, 5.41) is 12.0. The molecule has 2 aromatic rings. The van der Waals surface area contributed by atoms with Gasteiger partial charge in [-0.25, -0.2) is 0 Å². The number of benzene rings is 2. The van der Waals surface area contributed by atoms with Crippen LogP contribution in [0.15, 0.2) is 42.5 Å². The van der Waals surface area contributed by atoms with Crippen molar-refractivity contribution in [3.05, 3.63) is 48.0 Å². The lowest BCUT2D eigenvalue weighted by atomic mass is 10.0. The molecule has 146 valence electrons. The summed E-state index contributed by atoms with van der Waals surface area (Å²) in [6, 6.07) is 11.0. The van der Waals surface area contributed by atoms with E-state index in [1.807, 2.05) is 6.92 Å². The van der Waals surface area contributed by atoms with Gasteiger partial charge < -0.3 is 15.2 Å². The molecule has 0 saturated carbocycles. The molecule has 0 fully saturated rings. The highest BCUT2D eigenvalue weighted by atomic mass is 16.5. The Morgan fingerprint density at radius 1 is 1.18 bits per heavy atom. The predicted molar refractivity (Wildman–Crippen MR) is 105 cm³/mol. The van der Waals surface area contributed by atoms with E-state index in [1.54, 1.807) is 37.3 Å². The van der Waals surface area contributed by atoms with Crippen molar-refractivity contribution in [3.8, 4) is 11.5 Å². The van der Waals surface area contributed by atoms with E-state index in [2.05, 4.69) is 5.32 Å². The van der Waals surface area contributed by atoms with Crippen LogP contribution in [0.2, 0.25) is 0 Å². The van der Waals surface area contributed by atoms with Gasteiger partial charge in [0.05, 0.1) is 5.69 Å². The fourth-order valence-electron chi connectivity index (χ4n) is 3.00. The third-order valence-corrected chi connectivity index (χ3v) is 4.42. The molecule has 2 amide bonds. The van der Waals surface area contributed by atoms with Gasteiger partial charge >= 0.3 is 0 Å². The molecular formula is C21H22N2O5. The summed E-state index contributed by atoms with van der Waals surface area (Å²) in [5.74, 6) is -0.228. The standard InChI is InChI=1S/C21H22N2O5/c1-3-4-18(25)14-5-10-19-17(11-14)23(21(27)13(2)28-19)12-20(26)22-15-6-8-16(24)9-7-15/h5-11,13,24H,3-4,12H2,1-2H3,(H,22,26). The first-order valence-electron chi connectivity index (χ1n) is 9.13. The molecule has 0 bridgehead atoms. The number of nitrogens with zero attached hydrogens (tertiary/aromatic N) is 1. The largest absolute Gasteiger partial charge is 0.508 e. The van der Waals surface area contributed by atoms with Crippen molar-refractivity contribution in [2.75, 3.05) is 16.8 Å². The number of phenols is 1. The quantitative estimate of drug-likeness (QED) is 0.591. The minimum absolute atomic E-state index is 0.0233. The van der Waals surface area contributed by atoms with Gasteiger partial charge in [0.15, 0.2) is 11.9 Å². The highest BCUT2D eigenvalue weighted by Crippen LogP contribution is 2.35. The lowest BCUT2D eigenvalue weighted by Crippen LogP contribution is -2.47. The van der Waals surface area contributed by atoms with Crippen LogP contribution >= 0.6 is 0 Å². The van der Waals surface area contributed by atoms with Gasteiger partial charge in [-0.2, -0.15) is 0 Å². The number of ketones is 1. The van der Waals surface area contributed by atoms with Crippen molar-refractivity contribution in [2.24, 2.45) is 0 Å². The maximum Gasteiger partial charge on any atom is 0.268 e. The Morgan fingerprint density at radius 2 is 1.89 bits per heavy atom. The molecule has 2 N–H and O–H groups in total. The van der Waals surface area contributed by atoms with Crippen LogP contribution in [0.3, 0.4) is 0 Å². The maximum absolute atomic E-state index is 12.6. The van der Waals surface area contributed by atoms with Crippen molar-refractivity contribution in [3.63, 3.8) is 0 Å². The topological polar surface area (TPSA) is 95.9 Å². The molecule has 1 aliphatic rings. The molecule has 1 heterocycles. The number of carbonyl (C=O) groups excluding carboxylic acids is 3. The van der Waals surface area contributed by atoms with Gasteiger partial charge in [-0.15, -0.1) is 0 Å². The molecule has 1 unspecified atom stereocenters. The number of anilines is 2. The van der Waals surface area contributed by atoms with E-state index in [-0.39, 0.29) is 24.0 Å². The molecular weight excluding hydrogens is 360 g/mol. The number of carbonyl (C=O) groups is 3. The zero-order valence-corrected chi connectivity index (χ0v) is 15.8. The van der Waals surface area contributed by atoms with E-state index in [0.717, 1.165) is 6.42 Å². The van der Waals surface area contributed by atoms with Gasteiger partial charge in [-0.1, -0.05) is 6.92 Å². The predicted octanol–water partition coefficient (Wildman–Crippen LogP) is 3.13. The van der Waals surface area contributed by atoms with E-state index in [4.69, 9.17) is 4.74 Å². The van der Waals surface area contributed by atoms with Crippen LogP contribution in [0, 0.1) is 0 Å². The molecule has 28 heavy (non-hydrogen) atoms. The monoisotopic (exact) mass is 382 g/mol. The number of nitrogens with one attached hydrogen (secondary N) is 1. The van der Waals surface area contributed by atoms with E-state index in [0.29, 0.717) is 29.1 Å². The van der Waals surface area contributed by atoms with Crippen molar-refractivity contribution in [1.82, 2.24) is 0 Å². The summed E-state index contributed by atoms with van der Waals surface area (Å²) in [6.45, 7) is 3.32. The number of ether oxygens (including phenoxy) is 1. The number of hydrogen-bond acceptors (Lipinski definition) is 5. The zero-order valence-electron chi connectivity index (χ0n) is 15.8. The Morgan fingerprint density at radius 3 is 2.57 bits per heavy atom. The summed E-state index contributed by atoms with van der Waals surface area (Å²) in [4.78, 5) is 38.7. The molecule has 0 radical (unpaired) electrons. The number of phenolic OH excluding ortho intramolecular Hbond substituents is 1. The Hall–Kier alpha value is -3.35. The van der Waals surface area contributed by atoms with Gasteiger partial charge in [-0.05, 0) is 55.8 Å². The minimum Gasteiger partial charge on any atom is -0.508 e. The first-order valence-corrected chi connectivity index (χ1v) is 9.13. The van der Waals surface area contributed by atoms with Crippen LogP contribution in [0.5, 0.6) is 11.5 Å². The average Bonchev–Trinajstić information content (AvgIpc) is 2.67. The van der Waals surface area contributed by atoms with Crippen LogP contribution in [0.1, 0.15) is 37.0 Å². The summed E-state index contributed by atoms with van der Waals surface area (Å²) < 4.78 is 5.62. The molecule has 0 aromatic heterocycles. The molecule has 7 nitrogen and oxygen atoms in total. The van der Waals surface area contributed by atoms with E-state index in [1.165, 1.54) is 17.0 Å². The van der Waals surface area contributed by atoms with Crippen LogP contribution in [0.25, 0.3) is 0 Å². The Labute approximate surface area is 162 Å². The summed E-state index contributed by atoms with van der Waals surface area (Å²) in [7, 11) is 0. The number of Topliss-reactive ketones (excluding diaryl/α,β-unsaturated/α-hetero) is 1. The molecule has 7 heteroatoms. The van der Waals surface area contributed by atoms with E-state index >= 15 is 0 Å². The normalized spacial score (nSPS) is 15.6. The van der Waals surface area contributed by atoms with Crippen LogP contribution in [0.4, 0.5) is 11.4 Å². The lowest BCUT2D eigenvalue weighted by Gasteiger charge is -2.32. The molecule has 3 rings (SSSR count). The molecule has 1 aliphatic heterocycles. The fraction of sp³-hybridized carbons (Fsp3) is 0.286. The van der Waals surface area contributed by atoms with Crippen molar-refractivity contribution < 1.29 is 24.2 Å². The maximum atomic E-state index is 12.6. The molecule has 2 aromatic carbocycles. The number of fused-ring (bicyclic) bond motifs is 1. The van der Waals surface area contributed by atoms with Gasteiger partial charge in [0.2, 0.25) is 5.91 Å². The smallest absolute Gasteiger partial charge is 0.268 e. The van der Waals surface area contributed by atoms with Crippen LogP contribution < -0.4 is 15.0 Å². The SMILES string of the molecule is CCCC(=O)c1ccc2c(c1)N(CC(=O)Nc1ccc(O)cc1)C(=O)C(C)O2. The molecule has 0 spiro atoms. The van der Waals surface area contributed by atoms with E-state index < -0.39 is 12.0 Å². The first-order chi connectivity index (χ1) is 13.4. The van der Waals surface area contributed by atoms with Crippen LogP contribution in [-0.4, -0.2) is 35.4 Å². The van der Waals surface area contributed by atoms with Gasteiger partial charge in [-0.3, -0.25) is 19.3 Å². The second kappa shape index (κ2) is 8.12. The highest BCUT2D eigenvalue weighted by Gasteiger charge is 2.33. The van der Waals surface area contributed by atoms with Crippen molar-refractivity contribution in [1.29, 1.82) is 0 Å². The minimum atomic E-state index is -0.730. The highest BCUT2D eigenvalue weighted by molar-refractivity contribution is 6.07. The third kappa shape index (κ3) is 4.14. The number of amides is 2. The number of aromatic hydroxyl groups is 1. The lowest BCUT2D eigenvalue weighted by molar-refractivity contribution is -0.127. The summed E-state index contributed by atoms with van der Waals surface area (Å²) >= 11 is 0. The number of rotatable bonds is 6. The Balaban J connectivity index is 1.84. The molecule has 0 saturated heterocycles. The zero-order chi connectivity index (χ0) is 20.3. The second-order valence-electron chi connectivity index (χ2n) is 6.64.